The van der Waals surface area contributed by atoms with Gasteiger partial charge in [-0.25, -0.2) is 9.59 Å². The Kier molecular flexibility index (Phi) is 3.17. The van der Waals surface area contributed by atoms with Crippen molar-refractivity contribution >= 4 is 12.4 Å². The summed E-state index contributed by atoms with van der Waals surface area (Å²) < 4.78 is 9.67. The minimum atomic E-state index is -0.450. The summed E-state index contributed by atoms with van der Waals surface area (Å²) in [4.78, 5) is 21.2. The Morgan fingerprint density at radius 3 is 3.00 bits per heavy atom. The Morgan fingerprint density at radius 1 is 1.56 bits per heavy atom. The predicted molar refractivity (Wildman–Crippen MR) is 56.2 cm³/mol. The molecule has 2 aliphatic carbocycles. The maximum absolute atomic E-state index is 11.4. The van der Waals surface area contributed by atoms with Crippen LogP contribution >= 0.6 is 0 Å². The maximum atomic E-state index is 11.4. The highest BCUT2D eigenvalue weighted by Gasteiger charge is 2.52. The second-order valence-electron chi connectivity index (χ2n) is 4.91. The summed E-state index contributed by atoms with van der Waals surface area (Å²) in [5.74, 6) is 0.269. The lowest BCUT2D eigenvalue weighted by molar-refractivity contribution is -0.158. The van der Waals surface area contributed by atoms with Gasteiger partial charge in [-0.2, -0.15) is 0 Å². The Labute approximate surface area is 95.3 Å². The second kappa shape index (κ2) is 4.44. The molecule has 0 aromatic carbocycles. The summed E-state index contributed by atoms with van der Waals surface area (Å²) in [7, 11) is 0. The molecule has 0 aromatic heterocycles. The van der Waals surface area contributed by atoms with Crippen LogP contribution in [0.2, 0.25) is 0 Å². The van der Waals surface area contributed by atoms with E-state index in [9.17, 15) is 9.59 Å². The molecule has 1 radical (unpaired) electrons. The monoisotopic (exact) mass is 225 g/mol. The van der Waals surface area contributed by atoms with Crippen LogP contribution in [-0.4, -0.2) is 25.2 Å². The third-order valence-electron chi connectivity index (χ3n) is 4.20. The summed E-state index contributed by atoms with van der Waals surface area (Å²) in [6.07, 6.45) is 5.67. The van der Waals surface area contributed by atoms with Crippen LogP contribution in [0.15, 0.2) is 0 Å². The van der Waals surface area contributed by atoms with Gasteiger partial charge in [0.05, 0.1) is 0 Å². The van der Waals surface area contributed by atoms with E-state index < -0.39 is 5.97 Å². The van der Waals surface area contributed by atoms with Crippen LogP contribution in [0.3, 0.4) is 0 Å². The molecule has 16 heavy (non-hydrogen) atoms. The van der Waals surface area contributed by atoms with E-state index in [1.807, 2.05) is 0 Å². The van der Waals surface area contributed by atoms with E-state index in [1.54, 1.807) is 0 Å². The fourth-order valence-electron chi connectivity index (χ4n) is 3.32. The van der Waals surface area contributed by atoms with Crippen molar-refractivity contribution < 1.29 is 19.1 Å². The van der Waals surface area contributed by atoms with E-state index in [1.165, 1.54) is 19.3 Å². The van der Waals surface area contributed by atoms with Crippen LogP contribution in [0.25, 0.3) is 0 Å². The van der Waals surface area contributed by atoms with Crippen molar-refractivity contribution in [2.24, 2.45) is 11.3 Å². The maximum Gasteiger partial charge on any atom is 0.418 e. The summed E-state index contributed by atoms with van der Waals surface area (Å²) in [5, 5.41) is 0. The zero-order valence-electron chi connectivity index (χ0n) is 9.53. The number of rotatable bonds is 5. The summed E-state index contributed by atoms with van der Waals surface area (Å²) >= 11 is 0. The number of fused-ring (bicyclic) bond motifs is 2. The first-order chi connectivity index (χ1) is 7.70. The number of carbonyl (C=O) groups excluding carboxylic acids is 2. The van der Waals surface area contributed by atoms with Gasteiger partial charge in [-0.3, -0.25) is 0 Å². The highest BCUT2D eigenvalue weighted by Crippen LogP contribution is 2.57. The van der Waals surface area contributed by atoms with Gasteiger partial charge in [-0.05, 0) is 38.0 Å². The molecule has 2 saturated carbocycles. The first-order valence-electron chi connectivity index (χ1n) is 5.88. The van der Waals surface area contributed by atoms with Gasteiger partial charge in [0, 0.05) is 5.41 Å². The Balaban J connectivity index is 1.90. The third-order valence-corrected chi connectivity index (χ3v) is 4.20. The summed E-state index contributed by atoms with van der Waals surface area (Å²) in [5.41, 5.74) is 0.200. The van der Waals surface area contributed by atoms with Crippen molar-refractivity contribution in [2.75, 3.05) is 6.61 Å². The molecule has 0 N–H and O–H groups in total. The fraction of sp³-hybridized carbons (Fsp3) is 0.833. The van der Waals surface area contributed by atoms with Crippen molar-refractivity contribution in [1.82, 2.24) is 0 Å². The zero-order valence-corrected chi connectivity index (χ0v) is 9.53. The second-order valence-corrected chi connectivity index (χ2v) is 4.91. The molecule has 0 aliphatic heterocycles. The molecule has 2 rings (SSSR count). The van der Waals surface area contributed by atoms with Crippen LogP contribution in [0.5, 0.6) is 0 Å². The van der Waals surface area contributed by atoms with Gasteiger partial charge in [0.1, 0.15) is 6.10 Å². The molecular formula is C12H17O4. The molecule has 3 atom stereocenters. The average Bonchev–Trinajstić information content (AvgIpc) is 2.84. The molecule has 2 fully saturated rings. The molecule has 2 bridgehead atoms. The van der Waals surface area contributed by atoms with Crippen molar-refractivity contribution in [3.63, 3.8) is 0 Å². The first-order valence-corrected chi connectivity index (χ1v) is 5.88. The fourth-order valence-corrected chi connectivity index (χ4v) is 3.32. The average molecular weight is 225 g/mol. The predicted octanol–water partition coefficient (Wildman–Crippen LogP) is 1.58. The van der Waals surface area contributed by atoms with E-state index >= 15 is 0 Å². The molecule has 89 valence electrons. The van der Waals surface area contributed by atoms with E-state index in [2.05, 4.69) is 11.7 Å². The van der Waals surface area contributed by atoms with Crippen LogP contribution in [-0.2, 0) is 19.1 Å². The number of carbonyl (C=O) groups is 1. The zero-order chi connectivity index (χ0) is 11.6. The SMILES string of the molecule is CCC12CCC(CC1OC(=O)CO[C]=O)C2. The smallest absolute Gasteiger partial charge is 0.418 e. The van der Waals surface area contributed by atoms with Crippen molar-refractivity contribution in [3.8, 4) is 0 Å². The Hall–Kier alpha value is -1.06. The summed E-state index contributed by atoms with van der Waals surface area (Å²) in [6.45, 7) is 3.07. The number of ether oxygens (including phenoxy) is 2. The molecule has 0 amide bonds. The van der Waals surface area contributed by atoms with E-state index in [0.29, 0.717) is 0 Å². The minimum Gasteiger partial charge on any atom is -0.459 e. The van der Waals surface area contributed by atoms with Gasteiger partial charge < -0.3 is 9.47 Å². The molecule has 0 spiro atoms. The molecule has 0 aromatic rings. The Bertz CT molecular complexity index is 289. The molecular weight excluding hydrogens is 208 g/mol. The van der Waals surface area contributed by atoms with Gasteiger partial charge in [0.15, 0.2) is 6.61 Å². The molecule has 4 nitrogen and oxygen atoms in total. The van der Waals surface area contributed by atoms with Crippen molar-refractivity contribution in [3.05, 3.63) is 0 Å². The summed E-state index contributed by atoms with van der Waals surface area (Å²) in [6, 6.07) is 0. The van der Waals surface area contributed by atoms with Crippen LogP contribution < -0.4 is 0 Å². The lowest BCUT2D eigenvalue weighted by Gasteiger charge is -2.33. The molecule has 0 saturated heterocycles. The lowest BCUT2D eigenvalue weighted by atomic mass is 9.79. The topological polar surface area (TPSA) is 52.6 Å². The quantitative estimate of drug-likeness (QED) is 0.667. The largest absolute Gasteiger partial charge is 0.459 e. The van der Waals surface area contributed by atoms with Gasteiger partial charge in [-0.1, -0.05) is 6.92 Å². The van der Waals surface area contributed by atoms with Crippen LogP contribution in [0.1, 0.15) is 39.0 Å². The lowest BCUT2D eigenvalue weighted by Crippen LogP contribution is -2.35. The van der Waals surface area contributed by atoms with E-state index in [0.717, 1.165) is 25.2 Å². The van der Waals surface area contributed by atoms with E-state index in [-0.39, 0.29) is 18.1 Å². The van der Waals surface area contributed by atoms with Gasteiger partial charge in [-0.15, -0.1) is 0 Å². The van der Waals surface area contributed by atoms with E-state index in [4.69, 9.17) is 4.74 Å². The molecule has 2 aliphatic rings. The normalized spacial score (nSPS) is 36.1. The molecule has 0 heterocycles. The molecule has 3 unspecified atom stereocenters. The standard InChI is InChI=1S/C12H17O4/c1-2-12-4-3-9(6-12)5-10(12)16-11(14)7-15-8-13/h9-10H,2-7H2,1H3. The number of hydrogen-bond donors (Lipinski definition) is 0. The van der Waals surface area contributed by atoms with Crippen molar-refractivity contribution in [1.29, 1.82) is 0 Å². The van der Waals surface area contributed by atoms with Crippen LogP contribution in [0, 0.1) is 11.3 Å². The van der Waals surface area contributed by atoms with Gasteiger partial charge in [0.25, 0.3) is 0 Å². The molecule has 4 heteroatoms. The highest BCUT2D eigenvalue weighted by atomic mass is 16.6. The minimum absolute atomic E-state index is 0.0269. The Morgan fingerprint density at radius 2 is 2.38 bits per heavy atom. The van der Waals surface area contributed by atoms with Gasteiger partial charge in [0.2, 0.25) is 0 Å². The van der Waals surface area contributed by atoms with Crippen LogP contribution in [0.4, 0.5) is 0 Å². The van der Waals surface area contributed by atoms with Crippen molar-refractivity contribution in [2.45, 2.75) is 45.1 Å². The third kappa shape index (κ3) is 1.93. The number of hydrogen-bond acceptors (Lipinski definition) is 4. The number of esters is 1. The van der Waals surface area contributed by atoms with Gasteiger partial charge >= 0.3 is 12.4 Å². The highest BCUT2D eigenvalue weighted by molar-refractivity contribution is 5.72. The first kappa shape index (κ1) is 11.4.